The third kappa shape index (κ3) is 4.15. The average molecular weight is 342 g/mol. The molecule has 1 aromatic carbocycles. The van der Waals surface area contributed by atoms with E-state index >= 15 is 0 Å². The Morgan fingerprint density at radius 2 is 2.22 bits per heavy atom. The molecule has 0 bridgehead atoms. The normalized spacial score (nSPS) is 21.7. The van der Waals surface area contributed by atoms with Crippen molar-refractivity contribution in [2.45, 2.75) is 32.4 Å². The van der Waals surface area contributed by atoms with Crippen LogP contribution >= 0.6 is 11.6 Å². The van der Waals surface area contributed by atoms with Crippen LogP contribution in [0, 0.1) is 11.7 Å². The molecule has 128 valence electrons. The van der Waals surface area contributed by atoms with E-state index in [0.717, 1.165) is 18.5 Å². The maximum atomic E-state index is 13.8. The molecule has 2 rings (SSSR count). The Kier molecular flexibility index (Phi) is 5.87. The molecule has 1 fully saturated rings. The topological polar surface area (TPSA) is 35.6 Å². The summed E-state index contributed by atoms with van der Waals surface area (Å²) in [5, 5.41) is 3.13. The summed E-state index contributed by atoms with van der Waals surface area (Å²) >= 11 is 5.78. The molecule has 1 aliphatic rings. The first-order chi connectivity index (χ1) is 10.8. The lowest BCUT2D eigenvalue weighted by atomic mass is 9.93. The maximum absolute atomic E-state index is 13.8. The van der Waals surface area contributed by atoms with E-state index < -0.39 is 5.82 Å². The molecule has 0 spiro atoms. The van der Waals surface area contributed by atoms with Gasteiger partial charge in [0, 0.05) is 25.7 Å². The van der Waals surface area contributed by atoms with Gasteiger partial charge in [-0.3, -0.25) is 4.90 Å². The summed E-state index contributed by atoms with van der Waals surface area (Å²) in [6.45, 7) is 5.45. The van der Waals surface area contributed by atoms with E-state index in [2.05, 4.69) is 10.2 Å². The summed E-state index contributed by atoms with van der Waals surface area (Å²) in [6, 6.07) is 5.14. The fourth-order valence-corrected chi connectivity index (χ4v) is 3.16. The molecule has 0 radical (unpaired) electrons. The van der Waals surface area contributed by atoms with Crippen LogP contribution in [0.3, 0.4) is 0 Å². The van der Waals surface area contributed by atoms with Crippen LogP contribution in [0.25, 0.3) is 0 Å². The van der Waals surface area contributed by atoms with Crippen LogP contribution in [-0.4, -0.2) is 49.1 Å². The van der Waals surface area contributed by atoms with Gasteiger partial charge in [0.1, 0.15) is 5.82 Å². The summed E-state index contributed by atoms with van der Waals surface area (Å²) in [6.07, 6.45) is 0.969. The maximum Gasteiger partial charge on any atom is 0.317 e. The van der Waals surface area contributed by atoms with Crippen LogP contribution in [0.2, 0.25) is 5.02 Å². The predicted molar refractivity (Wildman–Crippen MR) is 91.2 cm³/mol. The van der Waals surface area contributed by atoms with E-state index in [1.807, 2.05) is 27.0 Å². The molecule has 1 N–H and O–H groups in total. The zero-order valence-corrected chi connectivity index (χ0v) is 14.9. The summed E-state index contributed by atoms with van der Waals surface area (Å²) in [5.74, 6) is -0.142. The van der Waals surface area contributed by atoms with Crippen molar-refractivity contribution in [1.29, 1.82) is 0 Å². The summed E-state index contributed by atoms with van der Waals surface area (Å²) in [4.78, 5) is 16.0. The Balaban J connectivity index is 2.06. The van der Waals surface area contributed by atoms with Crippen LogP contribution < -0.4 is 5.32 Å². The number of benzene rings is 1. The van der Waals surface area contributed by atoms with E-state index in [-0.39, 0.29) is 29.1 Å². The van der Waals surface area contributed by atoms with Crippen molar-refractivity contribution in [3.63, 3.8) is 0 Å². The Morgan fingerprint density at radius 3 is 2.83 bits per heavy atom. The molecule has 6 heteroatoms. The first-order valence-corrected chi connectivity index (χ1v) is 8.35. The van der Waals surface area contributed by atoms with E-state index in [0.29, 0.717) is 6.54 Å². The number of hydrogen-bond acceptors (Lipinski definition) is 2. The molecule has 0 aliphatic carbocycles. The highest BCUT2D eigenvalue weighted by atomic mass is 35.5. The number of rotatable bonds is 4. The molecule has 0 saturated carbocycles. The number of carbonyl (C=O) groups is 1. The number of carbonyl (C=O) groups excluding carboxylic acids is 1. The van der Waals surface area contributed by atoms with Crippen molar-refractivity contribution in [2.75, 3.05) is 27.2 Å². The second-order valence-corrected chi connectivity index (χ2v) is 6.95. The highest BCUT2D eigenvalue weighted by Gasteiger charge is 2.33. The molecule has 1 aliphatic heterocycles. The summed E-state index contributed by atoms with van der Waals surface area (Å²) < 4.78 is 13.8. The molecule has 4 nitrogen and oxygen atoms in total. The lowest BCUT2D eigenvalue weighted by Crippen LogP contribution is -2.43. The molecule has 23 heavy (non-hydrogen) atoms. The predicted octanol–water partition coefficient (Wildman–Crippen LogP) is 3.52. The molecular weight excluding hydrogens is 317 g/mol. The minimum Gasteiger partial charge on any atom is -0.338 e. The van der Waals surface area contributed by atoms with Gasteiger partial charge in [-0.2, -0.15) is 0 Å². The highest BCUT2D eigenvalue weighted by molar-refractivity contribution is 6.30. The van der Waals surface area contributed by atoms with Crippen molar-refractivity contribution in [3.05, 3.63) is 34.6 Å². The average Bonchev–Trinajstić information content (AvgIpc) is 2.87. The van der Waals surface area contributed by atoms with Crippen molar-refractivity contribution >= 4 is 17.6 Å². The van der Waals surface area contributed by atoms with Crippen LogP contribution in [0.1, 0.15) is 31.9 Å². The monoisotopic (exact) mass is 341 g/mol. The zero-order chi connectivity index (χ0) is 17.1. The lowest BCUT2D eigenvalue weighted by molar-refractivity contribution is 0.193. The Hall–Kier alpha value is -1.33. The SMILES string of the molecule is CC(C)N(C)C(=O)NC[C@@H]1CCN(C)[C@H]1c1ccc(Cl)c(F)c1. The Labute approximate surface area is 142 Å². The van der Waals surface area contributed by atoms with Gasteiger partial charge in [-0.15, -0.1) is 0 Å². The standard InChI is InChI=1S/C17H25ClFN3O/c1-11(2)22(4)17(23)20-10-13-7-8-21(3)16(13)12-5-6-14(18)15(19)9-12/h5-6,9,11,13,16H,7-8,10H2,1-4H3,(H,20,23)/t13-,16-/m0/s1. The molecule has 1 heterocycles. The number of nitrogens with one attached hydrogen (secondary N) is 1. The Bertz CT molecular complexity index is 567. The van der Waals surface area contributed by atoms with Crippen LogP contribution in [-0.2, 0) is 0 Å². The molecule has 0 unspecified atom stereocenters. The van der Waals surface area contributed by atoms with Gasteiger partial charge in [0.15, 0.2) is 0 Å². The lowest BCUT2D eigenvalue weighted by Gasteiger charge is -2.27. The summed E-state index contributed by atoms with van der Waals surface area (Å²) in [7, 11) is 3.81. The molecule has 2 amide bonds. The Morgan fingerprint density at radius 1 is 1.52 bits per heavy atom. The second-order valence-electron chi connectivity index (χ2n) is 6.54. The van der Waals surface area contributed by atoms with Gasteiger partial charge in [0.2, 0.25) is 0 Å². The van der Waals surface area contributed by atoms with Gasteiger partial charge in [-0.1, -0.05) is 17.7 Å². The molecule has 0 aromatic heterocycles. The largest absolute Gasteiger partial charge is 0.338 e. The van der Waals surface area contributed by atoms with E-state index in [4.69, 9.17) is 11.6 Å². The molecule has 2 atom stereocenters. The van der Waals surface area contributed by atoms with Gasteiger partial charge in [0.25, 0.3) is 0 Å². The first kappa shape index (κ1) is 18.0. The number of urea groups is 1. The van der Waals surface area contributed by atoms with Gasteiger partial charge < -0.3 is 10.2 Å². The van der Waals surface area contributed by atoms with Crippen molar-refractivity contribution in [1.82, 2.24) is 15.1 Å². The molecule has 1 aromatic rings. The number of amides is 2. The zero-order valence-electron chi connectivity index (χ0n) is 14.1. The van der Waals surface area contributed by atoms with E-state index in [9.17, 15) is 9.18 Å². The highest BCUT2D eigenvalue weighted by Crippen LogP contribution is 2.36. The van der Waals surface area contributed by atoms with Crippen LogP contribution in [0.15, 0.2) is 18.2 Å². The van der Waals surface area contributed by atoms with Crippen molar-refractivity contribution in [3.8, 4) is 0 Å². The molecular formula is C17H25ClFN3O. The number of halogens is 2. The summed E-state index contributed by atoms with van der Waals surface area (Å²) in [5.41, 5.74) is 0.906. The smallest absolute Gasteiger partial charge is 0.317 e. The van der Waals surface area contributed by atoms with Gasteiger partial charge in [-0.25, -0.2) is 9.18 Å². The fraction of sp³-hybridized carbons (Fsp3) is 0.588. The quantitative estimate of drug-likeness (QED) is 0.909. The fourth-order valence-electron chi connectivity index (χ4n) is 3.04. The van der Waals surface area contributed by atoms with E-state index in [1.54, 1.807) is 18.0 Å². The third-order valence-corrected chi connectivity index (χ3v) is 4.98. The second kappa shape index (κ2) is 7.49. The first-order valence-electron chi connectivity index (χ1n) is 7.97. The number of hydrogen-bond donors (Lipinski definition) is 1. The number of nitrogens with zero attached hydrogens (tertiary/aromatic N) is 2. The van der Waals surface area contributed by atoms with Gasteiger partial charge in [-0.05, 0) is 57.5 Å². The molecule has 1 saturated heterocycles. The third-order valence-electron chi connectivity index (χ3n) is 4.67. The van der Waals surface area contributed by atoms with E-state index in [1.165, 1.54) is 6.07 Å². The van der Waals surface area contributed by atoms with Gasteiger partial charge >= 0.3 is 6.03 Å². The minimum atomic E-state index is -0.396. The van der Waals surface area contributed by atoms with Crippen LogP contribution in [0.4, 0.5) is 9.18 Å². The van der Waals surface area contributed by atoms with Crippen LogP contribution in [0.5, 0.6) is 0 Å². The van der Waals surface area contributed by atoms with Crippen molar-refractivity contribution < 1.29 is 9.18 Å². The minimum absolute atomic E-state index is 0.0735. The van der Waals surface area contributed by atoms with Crippen molar-refractivity contribution in [2.24, 2.45) is 5.92 Å². The number of likely N-dealkylation sites (tertiary alicyclic amines) is 1. The van der Waals surface area contributed by atoms with Gasteiger partial charge in [0.05, 0.1) is 5.02 Å².